The van der Waals surface area contributed by atoms with Gasteiger partial charge in [0.2, 0.25) is 0 Å². The number of nitriles is 2. The average molecular weight is 162 g/mol. The molecule has 0 bridgehead atoms. The third kappa shape index (κ3) is 3.21. The first-order valence-corrected chi connectivity index (χ1v) is 4.32. The predicted octanol–water partition coefficient (Wildman–Crippen LogP) is 2.93. The number of rotatable bonds is 4. The van der Waals surface area contributed by atoms with Gasteiger partial charge in [0.05, 0.1) is 12.1 Å². The van der Waals surface area contributed by atoms with Crippen LogP contribution >= 0.6 is 0 Å². The van der Waals surface area contributed by atoms with Gasteiger partial charge >= 0.3 is 0 Å². The molecule has 0 aliphatic rings. The van der Waals surface area contributed by atoms with Crippen LogP contribution in [0.2, 0.25) is 0 Å². The molecule has 0 unspecified atom stereocenters. The largest absolute Gasteiger partial charge is 0.193 e. The van der Waals surface area contributed by atoms with Crippen molar-refractivity contribution in [1.29, 1.82) is 10.5 Å². The fraction of sp³-hybridized carbons (Fsp3) is 0.600. The Kier molecular flexibility index (Phi) is 5.75. The molecule has 0 radical (unpaired) electrons. The van der Waals surface area contributed by atoms with Gasteiger partial charge in [-0.05, 0) is 12.8 Å². The second-order valence-electron chi connectivity index (χ2n) is 2.68. The number of hydrogen-bond acceptors (Lipinski definition) is 2. The van der Waals surface area contributed by atoms with Gasteiger partial charge in [0.1, 0.15) is 0 Å². The van der Waals surface area contributed by atoms with E-state index >= 15 is 0 Å². The first-order chi connectivity index (χ1) is 5.79. The summed E-state index contributed by atoms with van der Waals surface area (Å²) in [5.41, 5.74) is 1.34. The maximum absolute atomic E-state index is 8.73. The molecule has 0 amide bonds. The van der Waals surface area contributed by atoms with Gasteiger partial charge in [-0.2, -0.15) is 10.5 Å². The zero-order valence-electron chi connectivity index (χ0n) is 7.72. The van der Waals surface area contributed by atoms with Crippen LogP contribution in [0.4, 0.5) is 0 Å². The topological polar surface area (TPSA) is 47.6 Å². The third-order valence-electron chi connectivity index (χ3n) is 1.63. The minimum Gasteiger partial charge on any atom is -0.193 e. The van der Waals surface area contributed by atoms with Gasteiger partial charge in [-0.15, -0.1) is 0 Å². The normalized spacial score (nSPS) is 11.3. The van der Waals surface area contributed by atoms with Crippen molar-refractivity contribution < 1.29 is 0 Å². The Bertz CT molecular complexity index is 212. The number of allylic oxidation sites excluding steroid dienone is 2. The van der Waals surface area contributed by atoms with Crippen molar-refractivity contribution in [3.8, 4) is 12.1 Å². The van der Waals surface area contributed by atoms with Gasteiger partial charge in [0, 0.05) is 11.1 Å². The van der Waals surface area contributed by atoms with Crippen LogP contribution in [0.15, 0.2) is 11.1 Å². The van der Waals surface area contributed by atoms with Crippen molar-refractivity contribution in [2.24, 2.45) is 0 Å². The van der Waals surface area contributed by atoms with E-state index in [0.29, 0.717) is 11.1 Å². The van der Waals surface area contributed by atoms with E-state index in [2.05, 4.69) is 12.1 Å². The Balaban J connectivity index is 4.56. The van der Waals surface area contributed by atoms with Crippen LogP contribution in [-0.2, 0) is 0 Å². The Morgan fingerprint density at radius 3 is 1.42 bits per heavy atom. The minimum atomic E-state index is 0.668. The summed E-state index contributed by atoms with van der Waals surface area (Å²) in [7, 11) is 0. The summed E-state index contributed by atoms with van der Waals surface area (Å²) in [6.07, 6.45) is 3.33. The first kappa shape index (κ1) is 10.7. The highest BCUT2D eigenvalue weighted by Crippen LogP contribution is 2.14. The molecule has 0 aliphatic heterocycles. The fourth-order valence-corrected chi connectivity index (χ4v) is 1.05. The van der Waals surface area contributed by atoms with E-state index in [1.54, 1.807) is 0 Å². The fourth-order valence-electron chi connectivity index (χ4n) is 1.05. The highest BCUT2D eigenvalue weighted by atomic mass is 14.3. The summed E-state index contributed by atoms with van der Waals surface area (Å²) in [5, 5.41) is 17.5. The van der Waals surface area contributed by atoms with Gasteiger partial charge in [0.25, 0.3) is 0 Å². The molecular formula is C10H14N2. The summed E-state index contributed by atoms with van der Waals surface area (Å²) in [6.45, 7) is 4.02. The molecule has 12 heavy (non-hydrogen) atoms. The van der Waals surface area contributed by atoms with E-state index in [0.717, 1.165) is 25.7 Å². The van der Waals surface area contributed by atoms with Crippen LogP contribution in [0.1, 0.15) is 39.5 Å². The van der Waals surface area contributed by atoms with Crippen LogP contribution in [0.5, 0.6) is 0 Å². The summed E-state index contributed by atoms with van der Waals surface area (Å²) in [4.78, 5) is 0. The van der Waals surface area contributed by atoms with Gasteiger partial charge in [0.15, 0.2) is 0 Å². The van der Waals surface area contributed by atoms with E-state index in [-0.39, 0.29) is 0 Å². The minimum absolute atomic E-state index is 0.668. The highest BCUT2D eigenvalue weighted by Gasteiger charge is 2.03. The zero-order valence-corrected chi connectivity index (χ0v) is 7.72. The Morgan fingerprint density at radius 2 is 1.25 bits per heavy atom. The van der Waals surface area contributed by atoms with E-state index < -0.39 is 0 Å². The van der Waals surface area contributed by atoms with Crippen molar-refractivity contribution >= 4 is 0 Å². The summed E-state index contributed by atoms with van der Waals surface area (Å²) >= 11 is 0. The lowest BCUT2D eigenvalue weighted by molar-refractivity contribution is 0.874. The Hall–Kier alpha value is -1.28. The lowest BCUT2D eigenvalue weighted by atomic mass is 10.0. The van der Waals surface area contributed by atoms with Gasteiger partial charge in [-0.25, -0.2) is 0 Å². The molecule has 0 aliphatic carbocycles. The SMILES string of the molecule is CCC/C(C#N)=C(/C#N)CCC. The Labute approximate surface area is 74.1 Å². The quantitative estimate of drug-likeness (QED) is 0.596. The van der Waals surface area contributed by atoms with Gasteiger partial charge in [-0.3, -0.25) is 0 Å². The molecule has 2 nitrogen and oxygen atoms in total. The van der Waals surface area contributed by atoms with Crippen LogP contribution < -0.4 is 0 Å². The van der Waals surface area contributed by atoms with Crippen molar-refractivity contribution in [3.63, 3.8) is 0 Å². The molecule has 0 atom stereocenters. The Morgan fingerprint density at radius 1 is 0.917 bits per heavy atom. The monoisotopic (exact) mass is 162 g/mol. The molecule has 0 fully saturated rings. The van der Waals surface area contributed by atoms with E-state index in [9.17, 15) is 0 Å². The highest BCUT2D eigenvalue weighted by molar-refractivity contribution is 5.36. The van der Waals surface area contributed by atoms with Crippen molar-refractivity contribution in [1.82, 2.24) is 0 Å². The molecule has 0 spiro atoms. The summed E-state index contributed by atoms with van der Waals surface area (Å²) in [6, 6.07) is 4.19. The summed E-state index contributed by atoms with van der Waals surface area (Å²) < 4.78 is 0. The molecule has 0 aromatic heterocycles. The smallest absolute Gasteiger partial charge is 0.0957 e. The van der Waals surface area contributed by atoms with Crippen LogP contribution in [0, 0.1) is 22.7 Å². The first-order valence-electron chi connectivity index (χ1n) is 4.32. The van der Waals surface area contributed by atoms with E-state index in [4.69, 9.17) is 10.5 Å². The molecule has 0 saturated carbocycles. The maximum Gasteiger partial charge on any atom is 0.0957 e. The van der Waals surface area contributed by atoms with Crippen LogP contribution in [0.3, 0.4) is 0 Å². The van der Waals surface area contributed by atoms with Crippen LogP contribution in [0.25, 0.3) is 0 Å². The molecular weight excluding hydrogens is 148 g/mol. The van der Waals surface area contributed by atoms with Crippen molar-refractivity contribution in [2.45, 2.75) is 39.5 Å². The second kappa shape index (κ2) is 6.43. The predicted molar refractivity (Wildman–Crippen MR) is 48.1 cm³/mol. The molecule has 0 aromatic carbocycles. The molecule has 0 aromatic rings. The van der Waals surface area contributed by atoms with Gasteiger partial charge < -0.3 is 0 Å². The zero-order chi connectivity index (χ0) is 9.40. The number of hydrogen-bond donors (Lipinski definition) is 0. The van der Waals surface area contributed by atoms with E-state index in [1.807, 2.05) is 13.8 Å². The second-order valence-corrected chi connectivity index (χ2v) is 2.68. The van der Waals surface area contributed by atoms with Crippen molar-refractivity contribution in [3.05, 3.63) is 11.1 Å². The van der Waals surface area contributed by atoms with Gasteiger partial charge in [-0.1, -0.05) is 26.7 Å². The standard InChI is InChI=1S/C10H14N2/c1-3-5-9(7-11)10(8-12)6-4-2/h3-6H2,1-2H3/b10-9-. The average Bonchev–Trinajstić information content (AvgIpc) is 2.11. The summed E-state index contributed by atoms with van der Waals surface area (Å²) in [5.74, 6) is 0. The lowest BCUT2D eigenvalue weighted by Crippen LogP contribution is -1.87. The molecule has 2 heteroatoms. The lowest BCUT2D eigenvalue weighted by Gasteiger charge is -1.98. The van der Waals surface area contributed by atoms with Crippen LogP contribution in [-0.4, -0.2) is 0 Å². The number of nitrogens with zero attached hydrogens (tertiary/aromatic N) is 2. The van der Waals surface area contributed by atoms with Crippen molar-refractivity contribution in [2.75, 3.05) is 0 Å². The molecule has 0 N–H and O–H groups in total. The molecule has 0 rings (SSSR count). The maximum atomic E-state index is 8.73. The molecule has 64 valence electrons. The third-order valence-corrected chi connectivity index (χ3v) is 1.63. The molecule has 0 heterocycles. The van der Waals surface area contributed by atoms with E-state index in [1.165, 1.54) is 0 Å². The molecule has 0 saturated heterocycles.